The zero-order valence-corrected chi connectivity index (χ0v) is 10.5. The van der Waals surface area contributed by atoms with E-state index in [0.717, 1.165) is 19.3 Å². The van der Waals surface area contributed by atoms with Gasteiger partial charge in [0.25, 0.3) is 0 Å². The van der Waals surface area contributed by atoms with E-state index in [2.05, 4.69) is 24.7 Å². The third kappa shape index (κ3) is 3.56. The maximum Gasteiger partial charge on any atom is 0.220 e. The molecule has 1 rings (SSSR count). The first-order valence-corrected chi connectivity index (χ1v) is 5.97. The lowest BCUT2D eigenvalue weighted by Crippen LogP contribution is -1.99. The number of nitroso groups, excluding NO2 is 1. The van der Waals surface area contributed by atoms with Crippen LogP contribution >= 0.6 is 12.6 Å². The van der Waals surface area contributed by atoms with Crippen LogP contribution in [0.25, 0.3) is 0 Å². The van der Waals surface area contributed by atoms with Crippen LogP contribution in [-0.2, 0) is 6.42 Å². The average molecular weight is 253 g/mol. The number of aryl methyl sites for hydroxylation is 1. The first-order valence-electron chi connectivity index (χ1n) is 5.52. The van der Waals surface area contributed by atoms with Gasteiger partial charge in [0.05, 0.1) is 5.56 Å². The van der Waals surface area contributed by atoms with Crippen molar-refractivity contribution in [2.24, 2.45) is 5.18 Å². The lowest BCUT2D eigenvalue weighted by molar-refractivity contribution is 0.108. The summed E-state index contributed by atoms with van der Waals surface area (Å²) in [4.78, 5) is 21.8. The molecule has 0 aliphatic heterocycles. The van der Waals surface area contributed by atoms with E-state index in [9.17, 15) is 14.8 Å². The van der Waals surface area contributed by atoms with Crippen LogP contribution in [0.3, 0.4) is 0 Å². The van der Waals surface area contributed by atoms with Gasteiger partial charge in [-0.1, -0.05) is 19.8 Å². The predicted octanol–water partition coefficient (Wildman–Crippen LogP) is 3.59. The smallest absolute Gasteiger partial charge is 0.220 e. The molecule has 4 nitrogen and oxygen atoms in total. The number of rotatable bonds is 6. The molecule has 0 heterocycles. The molecule has 0 aliphatic rings. The van der Waals surface area contributed by atoms with Gasteiger partial charge in [-0.05, 0) is 29.6 Å². The van der Waals surface area contributed by atoms with Gasteiger partial charge < -0.3 is 5.11 Å². The third-order valence-corrected chi connectivity index (χ3v) is 2.78. The van der Waals surface area contributed by atoms with E-state index in [1.54, 1.807) is 0 Å². The minimum atomic E-state index is -0.494. The van der Waals surface area contributed by atoms with Crippen LogP contribution in [0.4, 0.5) is 5.69 Å². The van der Waals surface area contributed by atoms with Crippen LogP contribution < -0.4 is 0 Å². The van der Waals surface area contributed by atoms with Gasteiger partial charge in [-0.15, -0.1) is 17.5 Å². The largest absolute Gasteiger partial charge is 0.507 e. The normalized spacial score (nSPS) is 10.2. The van der Waals surface area contributed by atoms with Gasteiger partial charge in [0.15, 0.2) is 0 Å². The molecule has 1 aromatic rings. The summed E-state index contributed by atoms with van der Waals surface area (Å²) >= 11 is 3.73. The average Bonchev–Trinajstić information content (AvgIpc) is 2.28. The Kier molecular flexibility index (Phi) is 5.15. The number of hydrogen-bond acceptors (Lipinski definition) is 4. The number of phenolic OH excluding ortho intramolecular Hbond substituents is 1. The highest BCUT2D eigenvalue weighted by molar-refractivity contribution is 7.97. The van der Waals surface area contributed by atoms with Crippen LogP contribution in [0.1, 0.15) is 42.1 Å². The van der Waals surface area contributed by atoms with Gasteiger partial charge in [-0.25, -0.2) is 0 Å². The highest BCUT2D eigenvalue weighted by atomic mass is 32.1. The van der Waals surface area contributed by atoms with Crippen LogP contribution in [0, 0.1) is 4.91 Å². The number of nitrogens with zero attached hydrogens (tertiary/aromatic N) is 1. The third-order valence-electron chi connectivity index (χ3n) is 2.55. The van der Waals surface area contributed by atoms with Crippen molar-refractivity contribution in [2.45, 2.75) is 32.6 Å². The minimum Gasteiger partial charge on any atom is -0.507 e. The fourth-order valence-electron chi connectivity index (χ4n) is 1.73. The van der Waals surface area contributed by atoms with E-state index >= 15 is 0 Å². The van der Waals surface area contributed by atoms with E-state index < -0.39 is 5.12 Å². The molecule has 0 saturated heterocycles. The van der Waals surface area contributed by atoms with Crippen LogP contribution in [0.2, 0.25) is 0 Å². The molecule has 0 saturated carbocycles. The number of thiol groups is 1. The molecule has 0 aromatic heterocycles. The number of carbonyl (C=O) groups excluding carboxylic acids is 1. The first kappa shape index (κ1) is 13.7. The Morgan fingerprint density at radius 3 is 2.65 bits per heavy atom. The number of carbonyl (C=O) groups is 1. The summed E-state index contributed by atoms with van der Waals surface area (Å²) in [6.07, 6.45) is 3.61. The summed E-state index contributed by atoms with van der Waals surface area (Å²) in [5.74, 6) is -0.228. The molecule has 0 atom stereocenters. The molecule has 0 fully saturated rings. The number of aromatic hydroxyl groups is 1. The van der Waals surface area contributed by atoms with Crippen molar-refractivity contribution in [2.75, 3.05) is 0 Å². The van der Waals surface area contributed by atoms with Gasteiger partial charge >= 0.3 is 0 Å². The van der Waals surface area contributed by atoms with Crippen molar-refractivity contribution in [1.29, 1.82) is 0 Å². The second-order valence-corrected chi connectivity index (χ2v) is 4.26. The molecule has 1 N–H and O–H groups in total. The Hall–Kier alpha value is -1.36. The number of hydrogen-bond donors (Lipinski definition) is 2. The summed E-state index contributed by atoms with van der Waals surface area (Å²) < 4.78 is 0. The summed E-state index contributed by atoms with van der Waals surface area (Å²) in [5, 5.41) is 11.9. The molecular weight excluding hydrogens is 238 g/mol. The quantitative estimate of drug-likeness (QED) is 0.462. The predicted molar refractivity (Wildman–Crippen MR) is 70.1 cm³/mol. The van der Waals surface area contributed by atoms with Gasteiger partial charge in [-0.2, -0.15) is 0 Å². The zero-order chi connectivity index (χ0) is 12.8. The lowest BCUT2D eigenvalue weighted by Gasteiger charge is -2.09. The van der Waals surface area contributed by atoms with Crippen molar-refractivity contribution < 1.29 is 9.90 Å². The van der Waals surface area contributed by atoms with Crippen molar-refractivity contribution in [1.82, 2.24) is 0 Å². The fourth-order valence-corrected chi connectivity index (χ4v) is 1.99. The van der Waals surface area contributed by atoms with Crippen LogP contribution in [0.15, 0.2) is 17.3 Å². The standard InChI is InChI=1S/C12H15NO3S/c1-2-3-4-5-8-6-9(13-16)7-10(14)11(8)12(15)17/h6-7,14H,2-5H2,1H3,(H,15,17). The minimum absolute atomic E-state index is 0.132. The first-order chi connectivity index (χ1) is 8.10. The van der Waals surface area contributed by atoms with Crippen molar-refractivity contribution in [3.05, 3.63) is 28.2 Å². The van der Waals surface area contributed by atoms with E-state index in [4.69, 9.17) is 0 Å². The zero-order valence-electron chi connectivity index (χ0n) is 9.64. The maximum atomic E-state index is 11.3. The van der Waals surface area contributed by atoms with E-state index in [1.165, 1.54) is 12.1 Å². The number of unbranched alkanes of at least 4 members (excludes halogenated alkanes) is 2. The SMILES string of the molecule is CCCCCc1cc(N=O)cc(O)c1C(=O)S. The molecule has 0 amide bonds. The summed E-state index contributed by atoms with van der Waals surface area (Å²) in [5.41, 5.74) is 0.942. The van der Waals surface area contributed by atoms with Crippen LogP contribution in [0.5, 0.6) is 5.75 Å². The van der Waals surface area contributed by atoms with Crippen LogP contribution in [-0.4, -0.2) is 10.2 Å². The topological polar surface area (TPSA) is 66.7 Å². The van der Waals surface area contributed by atoms with E-state index in [-0.39, 0.29) is 17.0 Å². The summed E-state index contributed by atoms with van der Waals surface area (Å²) in [6.45, 7) is 2.07. The van der Waals surface area contributed by atoms with Gasteiger partial charge in [-0.3, -0.25) is 4.79 Å². The van der Waals surface area contributed by atoms with Gasteiger partial charge in [0.1, 0.15) is 11.4 Å². The van der Waals surface area contributed by atoms with E-state index in [1.807, 2.05) is 0 Å². The van der Waals surface area contributed by atoms with Gasteiger partial charge in [0.2, 0.25) is 5.12 Å². The number of phenols is 1. The Morgan fingerprint density at radius 2 is 2.12 bits per heavy atom. The Labute approximate surface area is 105 Å². The Bertz CT molecular complexity index is 432. The monoisotopic (exact) mass is 253 g/mol. The van der Waals surface area contributed by atoms with Crippen molar-refractivity contribution >= 4 is 23.4 Å². The maximum absolute atomic E-state index is 11.3. The highest BCUT2D eigenvalue weighted by Crippen LogP contribution is 2.30. The molecule has 5 heteroatoms. The number of benzene rings is 1. The lowest BCUT2D eigenvalue weighted by atomic mass is 10.0. The molecular formula is C12H15NO3S. The van der Waals surface area contributed by atoms with E-state index in [0.29, 0.717) is 12.0 Å². The molecule has 0 radical (unpaired) electrons. The molecule has 0 unspecified atom stereocenters. The second kappa shape index (κ2) is 6.39. The highest BCUT2D eigenvalue weighted by Gasteiger charge is 2.15. The molecule has 17 heavy (non-hydrogen) atoms. The van der Waals surface area contributed by atoms with Crippen molar-refractivity contribution in [3.63, 3.8) is 0 Å². The summed E-state index contributed by atoms with van der Waals surface area (Å²) in [6, 6.07) is 2.71. The Morgan fingerprint density at radius 1 is 1.41 bits per heavy atom. The fraction of sp³-hybridized carbons (Fsp3) is 0.417. The second-order valence-electron chi connectivity index (χ2n) is 3.85. The Balaban J connectivity index is 3.08. The van der Waals surface area contributed by atoms with Gasteiger partial charge in [0, 0.05) is 6.07 Å². The molecule has 92 valence electrons. The molecule has 1 aromatic carbocycles. The molecule has 0 aliphatic carbocycles. The molecule has 0 spiro atoms. The molecule has 0 bridgehead atoms. The summed E-state index contributed by atoms with van der Waals surface area (Å²) in [7, 11) is 0. The van der Waals surface area contributed by atoms with Crippen molar-refractivity contribution in [3.8, 4) is 5.75 Å².